The van der Waals surface area contributed by atoms with E-state index in [0.29, 0.717) is 6.54 Å². The van der Waals surface area contributed by atoms with Crippen LogP contribution in [-0.2, 0) is 6.54 Å². The molecule has 0 radical (unpaired) electrons. The molecule has 5 heteroatoms. The van der Waals surface area contributed by atoms with Gasteiger partial charge in [0.2, 0.25) is 5.95 Å². The zero-order valence-electron chi connectivity index (χ0n) is 10.2. The lowest BCUT2D eigenvalue weighted by Crippen LogP contribution is -2.21. The summed E-state index contributed by atoms with van der Waals surface area (Å²) in [6, 6.07) is 6.12. The van der Waals surface area contributed by atoms with Crippen LogP contribution in [0, 0.1) is 0 Å². The highest BCUT2D eigenvalue weighted by atomic mass is 32.1. The number of hydrogen-bond acceptors (Lipinski definition) is 5. The second-order valence-electron chi connectivity index (χ2n) is 4.42. The van der Waals surface area contributed by atoms with Crippen molar-refractivity contribution in [3.05, 3.63) is 29.3 Å². The van der Waals surface area contributed by atoms with Gasteiger partial charge >= 0.3 is 0 Å². The molecule has 0 atom stereocenters. The van der Waals surface area contributed by atoms with Crippen molar-refractivity contribution in [3.8, 4) is 10.6 Å². The van der Waals surface area contributed by atoms with Gasteiger partial charge in [-0.1, -0.05) is 6.07 Å². The predicted molar refractivity (Wildman–Crippen MR) is 74.7 cm³/mol. The van der Waals surface area contributed by atoms with Crippen LogP contribution in [0.2, 0.25) is 0 Å². The first-order chi connectivity index (χ1) is 8.86. The minimum atomic E-state index is 0.460. The summed E-state index contributed by atoms with van der Waals surface area (Å²) < 4.78 is 0. The largest absolute Gasteiger partial charge is 0.341 e. The highest BCUT2D eigenvalue weighted by molar-refractivity contribution is 7.13. The molecule has 0 aromatic carbocycles. The molecular weight excluding hydrogens is 244 g/mol. The first kappa shape index (κ1) is 11.6. The SMILES string of the molecule is NCc1cc(-c2cccs2)nc(N2CCCC2)n1. The maximum Gasteiger partial charge on any atom is 0.226 e. The molecule has 0 saturated carbocycles. The van der Waals surface area contributed by atoms with Gasteiger partial charge in [0.1, 0.15) is 0 Å². The van der Waals surface area contributed by atoms with Crippen LogP contribution in [0.5, 0.6) is 0 Å². The van der Waals surface area contributed by atoms with Crippen LogP contribution < -0.4 is 10.6 Å². The Hall–Kier alpha value is -1.46. The average Bonchev–Trinajstić information content (AvgIpc) is 3.10. The van der Waals surface area contributed by atoms with Crippen LogP contribution in [0.4, 0.5) is 5.95 Å². The number of nitrogens with zero attached hydrogens (tertiary/aromatic N) is 3. The van der Waals surface area contributed by atoms with E-state index >= 15 is 0 Å². The molecule has 1 saturated heterocycles. The van der Waals surface area contributed by atoms with Crippen molar-refractivity contribution in [3.63, 3.8) is 0 Å². The fourth-order valence-electron chi connectivity index (χ4n) is 2.20. The van der Waals surface area contributed by atoms with Gasteiger partial charge in [-0.05, 0) is 30.4 Å². The smallest absolute Gasteiger partial charge is 0.226 e. The Bertz CT molecular complexity index is 518. The molecule has 0 amide bonds. The van der Waals surface area contributed by atoms with Crippen molar-refractivity contribution in [2.45, 2.75) is 19.4 Å². The molecule has 0 spiro atoms. The summed E-state index contributed by atoms with van der Waals surface area (Å²) in [6.07, 6.45) is 2.45. The van der Waals surface area contributed by atoms with Crippen LogP contribution in [0.15, 0.2) is 23.6 Å². The summed E-state index contributed by atoms with van der Waals surface area (Å²) in [5.74, 6) is 0.832. The van der Waals surface area contributed by atoms with Gasteiger partial charge in [-0.3, -0.25) is 0 Å². The van der Waals surface area contributed by atoms with Crippen molar-refractivity contribution in [1.82, 2.24) is 9.97 Å². The quantitative estimate of drug-likeness (QED) is 0.919. The van der Waals surface area contributed by atoms with Crippen LogP contribution in [-0.4, -0.2) is 23.1 Å². The number of thiophene rings is 1. The molecule has 1 aliphatic heterocycles. The van der Waals surface area contributed by atoms with E-state index in [-0.39, 0.29) is 0 Å². The summed E-state index contributed by atoms with van der Waals surface area (Å²) in [6.45, 7) is 2.57. The molecule has 2 aromatic heterocycles. The highest BCUT2D eigenvalue weighted by Crippen LogP contribution is 2.26. The molecule has 0 bridgehead atoms. The molecule has 4 nitrogen and oxygen atoms in total. The summed E-state index contributed by atoms with van der Waals surface area (Å²) in [5.41, 5.74) is 7.63. The zero-order chi connectivity index (χ0) is 12.4. The van der Waals surface area contributed by atoms with Gasteiger partial charge in [-0.25, -0.2) is 9.97 Å². The first-order valence-electron chi connectivity index (χ1n) is 6.23. The van der Waals surface area contributed by atoms with E-state index in [0.717, 1.165) is 30.4 Å². The number of rotatable bonds is 3. The number of nitrogens with two attached hydrogens (primary N) is 1. The fraction of sp³-hybridized carbons (Fsp3) is 0.385. The Morgan fingerprint density at radius 3 is 2.78 bits per heavy atom. The van der Waals surface area contributed by atoms with E-state index in [1.165, 1.54) is 17.7 Å². The fourth-order valence-corrected chi connectivity index (χ4v) is 2.88. The monoisotopic (exact) mass is 260 g/mol. The third kappa shape index (κ3) is 2.23. The maximum absolute atomic E-state index is 5.73. The number of anilines is 1. The van der Waals surface area contributed by atoms with E-state index in [2.05, 4.69) is 26.3 Å². The third-order valence-corrected chi connectivity index (χ3v) is 4.03. The summed E-state index contributed by atoms with van der Waals surface area (Å²) in [4.78, 5) is 12.6. The molecule has 3 heterocycles. The molecular formula is C13H16N4S. The molecule has 94 valence electrons. The second kappa shape index (κ2) is 5.04. The van der Waals surface area contributed by atoms with E-state index < -0.39 is 0 Å². The van der Waals surface area contributed by atoms with E-state index in [4.69, 9.17) is 5.73 Å². The van der Waals surface area contributed by atoms with E-state index in [9.17, 15) is 0 Å². The van der Waals surface area contributed by atoms with E-state index in [1.54, 1.807) is 11.3 Å². The Kier molecular flexibility index (Phi) is 3.25. The molecule has 18 heavy (non-hydrogen) atoms. The molecule has 2 aromatic rings. The zero-order valence-corrected chi connectivity index (χ0v) is 11.0. The maximum atomic E-state index is 5.73. The summed E-state index contributed by atoms with van der Waals surface area (Å²) >= 11 is 1.70. The van der Waals surface area contributed by atoms with Crippen LogP contribution in [0.25, 0.3) is 10.6 Å². The number of aromatic nitrogens is 2. The normalized spacial score (nSPS) is 15.3. The molecule has 2 N–H and O–H groups in total. The molecule has 0 unspecified atom stereocenters. The van der Waals surface area contributed by atoms with Gasteiger partial charge in [0.25, 0.3) is 0 Å². The van der Waals surface area contributed by atoms with Crippen LogP contribution in [0.1, 0.15) is 18.5 Å². The Morgan fingerprint density at radius 1 is 1.28 bits per heavy atom. The van der Waals surface area contributed by atoms with Gasteiger partial charge in [0.05, 0.1) is 16.3 Å². The van der Waals surface area contributed by atoms with Gasteiger partial charge in [-0.15, -0.1) is 11.3 Å². The van der Waals surface area contributed by atoms with Crippen LogP contribution >= 0.6 is 11.3 Å². The third-order valence-electron chi connectivity index (χ3n) is 3.14. The average molecular weight is 260 g/mol. The molecule has 3 rings (SSSR count). The lowest BCUT2D eigenvalue weighted by Gasteiger charge is -2.16. The van der Waals surface area contributed by atoms with Crippen molar-refractivity contribution in [2.75, 3.05) is 18.0 Å². The van der Waals surface area contributed by atoms with Crippen molar-refractivity contribution in [1.29, 1.82) is 0 Å². The lowest BCUT2D eigenvalue weighted by molar-refractivity contribution is 0.870. The van der Waals surface area contributed by atoms with Crippen molar-refractivity contribution < 1.29 is 0 Å². The van der Waals surface area contributed by atoms with E-state index in [1.807, 2.05) is 12.1 Å². The minimum absolute atomic E-state index is 0.460. The second-order valence-corrected chi connectivity index (χ2v) is 5.37. The Morgan fingerprint density at radius 2 is 2.11 bits per heavy atom. The standard InChI is InChI=1S/C13H16N4S/c14-9-10-8-11(12-4-3-7-18-12)16-13(15-10)17-5-1-2-6-17/h3-4,7-8H,1-2,5-6,9,14H2. The summed E-state index contributed by atoms with van der Waals surface area (Å²) in [7, 11) is 0. The van der Waals surface area contributed by atoms with Gasteiger partial charge in [0.15, 0.2) is 0 Å². The van der Waals surface area contributed by atoms with Crippen molar-refractivity contribution in [2.24, 2.45) is 5.73 Å². The Labute approximate surface area is 110 Å². The molecule has 1 aliphatic rings. The predicted octanol–water partition coefficient (Wildman–Crippen LogP) is 2.26. The summed E-state index contributed by atoms with van der Waals surface area (Å²) in [5, 5.41) is 2.06. The molecule has 0 aliphatic carbocycles. The topological polar surface area (TPSA) is 55.0 Å². The number of hydrogen-bond donors (Lipinski definition) is 1. The lowest BCUT2D eigenvalue weighted by atomic mass is 10.3. The Balaban J connectivity index is 2.01. The highest BCUT2D eigenvalue weighted by Gasteiger charge is 2.16. The molecule has 1 fully saturated rings. The van der Waals surface area contributed by atoms with Gasteiger partial charge in [0, 0.05) is 19.6 Å². The van der Waals surface area contributed by atoms with Crippen LogP contribution in [0.3, 0.4) is 0 Å². The van der Waals surface area contributed by atoms with Crippen molar-refractivity contribution >= 4 is 17.3 Å². The van der Waals surface area contributed by atoms with Gasteiger partial charge < -0.3 is 10.6 Å². The minimum Gasteiger partial charge on any atom is -0.341 e. The first-order valence-corrected chi connectivity index (χ1v) is 7.11. The van der Waals surface area contributed by atoms with Gasteiger partial charge in [-0.2, -0.15) is 0 Å².